The maximum atomic E-state index is 13.1. The van der Waals surface area contributed by atoms with Gasteiger partial charge in [-0.3, -0.25) is 9.79 Å². The first-order valence-corrected chi connectivity index (χ1v) is 10.7. The second-order valence-electron chi connectivity index (χ2n) is 9.91. The third-order valence-electron chi connectivity index (χ3n) is 8.70. The number of ketones is 1. The molecule has 4 N–H and O–H groups in total. The van der Waals surface area contributed by atoms with E-state index in [1.165, 1.54) is 5.57 Å². The second kappa shape index (κ2) is 6.61. The lowest BCUT2D eigenvalue weighted by atomic mass is 9.50. The Labute approximate surface area is 162 Å². The van der Waals surface area contributed by atoms with E-state index < -0.39 is 0 Å². The monoisotopic (exact) mass is 373 g/mol. The molecule has 27 heavy (non-hydrogen) atoms. The van der Waals surface area contributed by atoms with Crippen LogP contribution in [-0.4, -0.2) is 36.0 Å². The Kier molecular flexibility index (Phi) is 4.65. The van der Waals surface area contributed by atoms with E-state index in [-0.39, 0.29) is 17.4 Å². The molecule has 1 spiro atoms. The zero-order valence-electron chi connectivity index (χ0n) is 17.1. The molecule has 2 fully saturated rings. The number of Topliss-reactive ketones (excluding diaryl/α,β-unsaturated/α-hetero) is 1. The number of carbonyl (C=O) groups is 1. The van der Waals surface area contributed by atoms with Gasteiger partial charge in [-0.1, -0.05) is 26.3 Å². The van der Waals surface area contributed by atoms with Gasteiger partial charge in [0.25, 0.3) is 0 Å². The van der Waals surface area contributed by atoms with Crippen LogP contribution in [0.15, 0.2) is 16.1 Å². The van der Waals surface area contributed by atoms with Crippen molar-refractivity contribution in [1.82, 2.24) is 5.32 Å². The van der Waals surface area contributed by atoms with Crippen LogP contribution in [0, 0.1) is 28.6 Å². The number of allylic oxidation sites excluding steroid dienone is 2. The van der Waals surface area contributed by atoms with Crippen molar-refractivity contribution in [2.75, 3.05) is 13.2 Å². The van der Waals surface area contributed by atoms with Crippen LogP contribution in [0.2, 0.25) is 0 Å². The van der Waals surface area contributed by atoms with Gasteiger partial charge in [0.2, 0.25) is 0 Å². The number of carbonyl (C=O) groups excluding carboxylic acids is 1. The maximum absolute atomic E-state index is 13.1. The van der Waals surface area contributed by atoms with E-state index in [9.17, 15) is 9.90 Å². The topological polar surface area (TPSA) is 87.7 Å². The third kappa shape index (κ3) is 2.68. The minimum Gasteiger partial charge on any atom is -0.396 e. The van der Waals surface area contributed by atoms with Crippen LogP contribution in [0.4, 0.5) is 0 Å². The SMILES string of the molecule is CC1C(CO)CC2CC3=C(CCCC4CCN=C(N)N4)C(=O)CC31C2(C)C. The summed E-state index contributed by atoms with van der Waals surface area (Å²) in [6, 6.07) is 0.385. The minimum atomic E-state index is -0.0180. The summed E-state index contributed by atoms with van der Waals surface area (Å²) in [5.74, 6) is 2.24. The molecule has 3 aliphatic carbocycles. The van der Waals surface area contributed by atoms with Crippen molar-refractivity contribution in [2.24, 2.45) is 39.3 Å². The molecular weight excluding hydrogens is 338 g/mol. The first kappa shape index (κ1) is 19.0. The number of fused-ring (bicyclic) bond motifs is 1. The molecular formula is C22H35N3O2. The molecule has 0 aromatic carbocycles. The molecule has 2 bridgehead atoms. The van der Waals surface area contributed by atoms with Crippen molar-refractivity contribution in [3.8, 4) is 0 Å². The molecule has 0 aromatic heterocycles. The van der Waals surface area contributed by atoms with Crippen molar-refractivity contribution in [3.63, 3.8) is 0 Å². The smallest absolute Gasteiger partial charge is 0.188 e. The summed E-state index contributed by atoms with van der Waals surface area (Å²) in [6.07, 6.45) is 6.81. The Morgan fingerprint density at radius 3 is 2.85 bits per heavy atom. The molecule has 4 rings (SSSR count). The number of aliphatic imine (C=N–C) groups is 1. The molecule has 5 nitrogen and oxygen atoms in total. The first-order valence-electron chi connectivity index (χ1n) is 10.7. The standard InChI is InChI=1S/C22H35N3O2/c1-13-14(12-26)9-15-10-18-17(19(27)11-22(13,18)21(15,2)3)6-4-5-16-7-8-24-20(23)25-16/h13-16,26H,4-12H2,1-3H3,(H3,23,24,25). The molecule has 1 aliphatic heterocycles. The molecule has 5 heteroatoms. The van der Waals surface area contributed by atoms with Crippen LogP contribution in [0.3, 0.4) is 0 Å². The highest BCUT2D eigenvalue weighted by molar-refractivity contribution is 6.00. The Balaban J connectivity index is 1.54. The van der Waals surface area contributed by atoms with Crippen molar-refractivity contribution in [3.05, 3.63) is 11.1 Å². The van der Waals surface area contributed by atoms with Gasteiger partial charge in [0, 0.05) is 31.0 Å². The fraction of sp³-hybridized carbons (Fsp3) is 0.818. The van der Waals surface area contributed by atoms with Gasteiger partial charge < -0.3 is 16.2 Å². The van der Waals surface area contributed by atoms with Gasteiger partial charge in [-0.15, -0.1) is 0 Å². The van der Waals surface area contributed by atoms with Crippen molar-refractivity contribution in [2.45, 2.75) is 71.8 Å². The van der Waals surface area contributed by atoms with E-state index in [0.29, 0.717) is 42.0 Å². The average Bonchev–Trinajstić information content (AvgIpc) is 2.95. The van der Waals surface area contributed by atoms with E-state index in [2.05, 4.69) is 31.1 Å². The summed E-state index contributed by atoms with van der Waals surface area (Å²) in [6.45, 7) is 8.09. The Morgan fingerprint density at radius 1 is 1.37 bits per heavy atom. The zero-order chi connectivity index (χ0) is 19.4. The molecule has 5 unspecified atom stereocenters. The lowest BCUT2D eigenvalue weighted by molar-refractivity contribution is -0.122. The molecule has 150 valence electrons. The fourth-order valence-electron chi connectivity index (χ4n) is 7.00. The van der Waals surface area contributed by atoms with Crippen LogP contribution in [0.1, 0.15) is 65.7 Å². The lowest BCUT2D eigenvalue weighted by Crippen LogP contribution is -2.49. The number of nitrogens with two attached hydrogens (primary N) is 1. The van der Waals surface area contributed by atoms with E-state index in [1.54, 1.807) is 0 Å². The molecule has 1 heterocycles. The summed E-state index contributed by atoms with van der Waals surface area (Å²) in [5, 5.41) is 13.2. The van der Waals surface area contributed by atoms with E-state index in [0.717, 1.165) is 50.6 Å². The third-order valence-corrected chi connectivity index (χ3v) is 8.70. The van der Waals surface area contributed by atoms with E-state index in [1.807, 2.05) is 0 Å². The highest BCUT2D eigenvalue weighted by Gasteiger charge is 2.67. The normalized spacial score (nSPS) is 40.0. The average molecular weight is 374 g/mol. The second-order valence-corrected chi connectivity index (χ2v) is 9.91. The van der Waals surface area contributed by atoms with Crippen LogP contribution < -0.4 is 11.1 Å². The number of aliphatic hydroxyl groups is 1. The summed E-state index contributed by atoms with van der Waals surface area (Å²) < 4.78 is 0. The van der Waals surface area contributed by atoms with Crippen LogP contribution in [0.25, 0.3) is 0 Å². The van der Waals surface area contributed by atoms with Crippen molar-refractivity contribution >= 4 is 11.7 Å². The molecule has 0 amide bonds. The minimum absolute atomic E-state index is 0.0180. The van der Waals surface area contributed by atoms with Gasteiger partial charge >= 0.3 is 0 Å². The van der Waals surface area contributed by atoms with E-state index >= 15 is 0 Å². The van der Waals surface area contributed by atoms with Crippen LogP contribution in [0.5, 0.6) is 0 Å². The molecule has 0 aromatic rings. The molecule has 2 saturated carbocycles. The Bertz CT molecular complexity index is 696. The number of nitrogens with zero attached hydrogens (tertiary/aromatic N) is 1. The summed E-state index contributed by atoms with van der Waals surface area (Å²) in [7, 11) is 0. The van der Waals surface area contributed by atoms with Gasteiger partial charge in [-0.25, -0.2) is 0 Å². The highest BCUT2D eigenvalue weighted by Crippen LogP contribution is 2.73. The predicted molar refractivity (Wildman–Crippen MR) is 107 cm³/mol. The molecule has 0 saturated heterocycles. The highest BCUT2D eigenvalue weighted by atomic mass is 16.3. The predicted octanol–water partition coefficient (Wildman–Crippen LogP) is 2.78. The molecule has 5 atom stereocenters. The summed E-state index contributed by atoms with van der Waals surface area (Å²) in [5.41, 5.74) is 8.53. The van der Waals surface area contributed by atoms with Crippen LogP contribution >= 0.6 is 0 Å². The van der Waals surface area contributed by atoms with Gasteiger partial charge in [0.15, 0.2) is 11.7 Å². The largest absolute Gasteiger partial charge is 0.396 e. The number of nitrogens with one attached hydrogen (secondary N) is 1. The lowest BCUT2D eigenvalue weighted by Gasteiger charge is -2.54. The van der Waals surface area contributed by atoms with Gasteiger partial charge in [0.1, 0.15) is 0 Å². The Morgan fingerprint density at radius 2 is 2.15 bits per heavy atom. The first-order chi connectivity index (χ1) is 12.8. The summed E-state index contributed by atoms with van der Waals surface area (Å²) in [4.78, 5) is 17.3. The van der Waals surface area contributed by atoms with E-state index in [4.69, 9.17) is 5.73 Å². The number of hydrogen-bond donors (Lipinski definition) is 3. The number of rotatable bonds is 5. The molecule has 0 radical (unpaired) electrons. The number of aliphatic hydroxyl groups excluding tert-OH is 1. The summed E-state index contributed by atoms with van der Waals surface area (Å²) >= 11 is 0. The van der Waals surface area contributed by atoms with Crippen molar-refractivity contribution < 1.29 is 9.90 Å². The molecule has 4 aliphatic rings. The number of guanidine groups is 1. The number of hydrogen-bond acceptors (Lipinski definition) is 5. The fourth-order valence-corrected chi connectivity index (χ4v) is 7.00. The van der Waals surface area contributed by atoms with Crippen LogP contribution in [-0.2, 0) is 4.79 Å². The quantitative estimate of drug-likeness (QED) is 0.691. The van der Waals surface area contributed by atoms with Gasteiger partial charge in [0.05, 0.1) is 0 Å². The zero-order valence-corrected chi connectivity index (χ0v) is 17.1. The van der Waals surface area contributed by atoms with Gasteiger partial charge in [-0.05, 0) is 67.3 Å². The van der Waals surface area contributed by atoms with Crippen molar-refractivity contribution in [1.29, 1.82) is 0 Å². The van der Waals surface area contributed by atoms with Gasteiger partial charge in [-0.2, -0.15) is 0 Å². The maximum Gasteiger partial charge on any atom is 0.188 e. The Hall–Kier alpha value is -1.36.